The molecule has 5 nitrogen and oxygen atoms in total. The highest BCUT2D eigenvalue weighted by Crippen LogP contribution is 2.27. The van der Waals surface area contributed by atoms with Crippen LogP contribution in [0.25, 0.3) is 10.9 Å². The topological polar surface area (TPSA) is 68.9 Å². The Hall–Kier alpha value is -1.75. The molecule has 0 aliphatic heterocycles. The SMILES string of the molecule is Cc1cc2ncnc(Cl)c2cc1[N+](=O)[O-]. The Labute approximate surface area is 89.9 Å². The van der Waals surface area contributed by atoms with Crippen molar-refractivity contribution in [2.24, 2.45) is 0 Å². The number of hydrogen-bond donors (Lipinski definition) is 0. The van der Waals surface area contributed by atoms with E-state index in [0.29, 0.717) is 16.5 Å². The van der Waals surface area contributed by atoms with E-state index in [1.54, 1.807) is 13.0 Å². The minimum absolute atomic E-state index is 0.0270. The molecule has 0 radical (unpaired) electrons. The third-order valence-corrected chi connectivity index (χ3v) is 2.40. The number of hydrogen-bond acceptors (Lipinski definition) is 4. The maximum Gasteiger partial charge on any atom is 0.273 e. The number of nitrogens with zero attached hydrogens (tertiary/aromatic N) is 3. The lowest BCUT2D eigenvalue weighted by atomic mass is 10.1. The summed E-state index contributed by atoms with van der Waals surface area (Å²) in [6, 6.07) is 3.02. The number of halogens is 1. The summed E-state index contributed by atoms with van der Waals surface area (Å²) in [4.78, 5) is 18.0. The summed E-state index contributed by atoms with van der Waals surface area (Å²) < 4.78 is 0. The van der Waals surface area contributed by atoms with Gasteiger partial charge in [0.15, 0.2) is 0 Å². The van der Waals surface area contributed by atoms with Crippen LogP contribution < -0.4 is 0 Å². The van der Waals surface area contributed by atoms with Gasteiger partial charge in [0.25, 0.3) is 5.69 Å². The summed E-state index contributed by atoms with van der Waals surface area (Å²) in [5, 5.41) is 11.4. The lowest BCUT2D eigenvalue weighted by molar-refractivity contribution is -0.385. The number of benzene rings is 1. The maximum atomic E-state index is 10.7. The third-order valence-electron chi connectivity index (χ3n) is 2.10. The molecule has 0 saturated heterocycles. The van der Waals surface area contributed by atoms with E-state index < -0.39 is 4.92 Å². The molecule has 0 aliphatic carbocycles. The Balaban J connectivity index is 2.83. The molecule has 0 unspecified atom stereocenters. The zero-order chi connectivity index (χ0) is 11.0. The van der Waals surface area contributed by atoms with Gasteiger partial charge in [-0.25, -0.2) is 9.97 Å². The van der Waals surface area contributed by atoms with E-state index in [-0.39, 0.29) is 10.8 Å². The molecular weight excluding hydrogens is 218 g/mol. The molecule has 1 aromatic heterocycles. The van der Waals surface area contributed by atoms with Crippen molar-refractivity contribution in [3.8, 4) is 0 Å². The van der Waals surface area contributed by atoms with Gasteiger partial charge in [-0.2, -0.15) is 0 Å². The van der Waals surface area contributed by atoms with Crippen molar-refractivity contribution in [2.45, 2.75) is 6.92 Å². The first-order valence-corrected chi connectivity index (χ1v) is 4.52. The van der Waals surface area contributed by atoms with Gasteiger partial charge < -0.3 is 0 Å². The Kier molecular flexibility index (Phi) is 2.24. The van der Waals surface area contributed by atoms with Crippen molar-refractivity contribution in [1.82, 2.24) is 9.97 Å². The Morgan fingerprint density at radius 2 is 2.13 bits per heavy atom. The molecule has 0 fully saturated rings. The standard InChI is InChI=1S/C9H6ClN3O2/c1-5-2-7-6(3-8(5)13(14)15)9(10)12-4-11-7/h2-4H,1H3. The van der Waals surface area contributed by atoms with E-state index in [2.05, 4.69) is 9.97 Å². The summed E-state index contributed by atoms with van der Waals surface area (Å²) >= 11 is 5.81. The summed E-state index contributed by atoms with van der Waals surface area (Å²) in [5.41, 5.74) is 1.19. The largest absolute Gasteiger partial charge is 0.273 e. The smallest absolute Gasteiger partial charge is 0.258 e. The van der Waals surface area contributed by atoms with Crippen LogP contribution in [0.1, 0.15) is 5.56 Å². The average Bonchev–Trinajstić information content (AvgIpc) is 2.16. The fraction of sp³-hybridized carbons (Fsp3) is 0.111. The highest BCUT2D eigenvalue weighted by Gasteiger charge is 2.13. The first-order chi connectivity index (χ1) is 7.09. The molecule has 0 bridgehead atoms. The second kappa shape index (κ2) is 3.43. The van der Waals surface area contributed by atoms with Crippen molar-refractivity contribution in [2.75, 3.05) is 0 Å². The second-order valence-electron chi connectivity index (χ2n) is 3.08. The molecule has 2 rings (SSSR count). The molecule has 0 aliphatic rings. The Morgan fingerprint density at radius 3 is 2.80 bits per heavy atom. The molecule has 0 N–H and O–H groups in total. The van der Waals surface area contributed by atoms with Crippen molar-refractivity contribution < 1.29 is 4.92 Å². The zero-order valence-corrected chi connectivity index (χ0v) is 8.52. The number of rotatable bonds is 1. The van der Waals surface area contributed by atoms with Gasteiger partial charge in [0.1, 0.15) is 11.5 Å². The lowest BCUT2D eigenvalue weighted by Crippen LogP contribution is -1.93. The first-order valence-electron chi connectivity index (χ1n) is 4.15. The highest BCUT2D eigenvalue weighted by molar-refractivity contribution is 6.34. The van der Waals surface area contributed by atoms with Crippen molar-refractivity contribution in [1.29, 1.82) is 0 Å². The number of aryl methyl sites for hydroxylation is 1. The predicted octanol–water partition coefficient (Wildman–Crippen LogP) is 2.50. The van der Waals surface area contributed by atoms with E-state index in [1.165, 1.54) is 12.4 Å². The monoisotopic (exact) mass is 223 g/mol. The van der Waals surface area contributed by atoms with Gasteiger partial charge >= 0.3 is 0 Å². The molecule has 0 amide bonds. The predicted molar refractivity (Wildman–Crippen MR) is 55.9 cm³/mol. The summed E-state index contributed by atoms with van der Waals surface area (Å²) in [5.74, 6) is 0. The quantitative estimate of drug-likeness (QED) is 0.423. The summed E-state index contributed by atoms with van der Waals surface area (Å²) in [6.45, 7) is 1.66. The highest BCUT2D eigenvalue weighted by atomic mass is 35.5. The fourth-order valence-corrected chi connectivity index (χ4v) is 1.56. The van der Waals surface area contributed by atoms with E-state index >= 15 is 0 Å². The van der Waals surface area contributed by atoms with Gasteiger partial charge in [0.05, 0.1) is 10.4 Å². The van der Waals surface area contributed by atoms with E-state index in [4.69, 9.17) is 11.6 Å². The van der Waals surface area contributed by atoms with Gasteiger partial charge in [-0.15, -0.1) is 0 Å². The lowest BCUT2D eigenvalue weighted by Gasteiger charge is -2.01. The molecule has 0 spiro atoms. The molecule has 0 atom stereocenters. The Morgan fingerprint density at radius 1 is 1.40 bits per heavy atom. The Bertz CT molecular complexity index is 556. The number of fused-ring (bicyclic) bond motifs is 1. The summed E-state index contributed by atoms with van der Waals surface area (Å²) in [7, 11) is 0. The van der Waals surface area contributed by atoms with Crippen LogP contribution in [0.3, 0.4) is 0 Å². The number of aromatic nitrogens is 2. The molecular formula is C9H6ClN3O2. The van der Waals surface area contributed by atoms with Crippen molar-refractivity contribution >= 4 is 28.2 Å². The number of nitro groups is 1. The molecule has 0 saturated carbocycles. The van der Waals surface area contributed by atoms with Crippen LogP contribution in [0.5, 0.6) is 0 Å². The van der Waals surface area contributed by atoms with Crippen LogP contribution >= 0.6 is 11.6 Å². The molecule has 1 aromatic carbocycles. The maximum absolute atomic E-state index is 10.7. The van der Waals surface area contributed by atoms with Crippen LogP contribution in [0, 0.1) is 17.0 Å². The number of nitro benzene ring substituents is 1. The third kappa shape index (κ3) is 1.61. The van der Waals surface area contributed by atoms with Gasteiger partial charge in [0.2, 0.25) is 0 Å². The minimum Gasteiger partial charge on any atom is -0.258 e. The van der Waals surface area contributed by atoms with Gasteiger partial charge in [-0.05, 0) is 13.0 Å². The second-order valence-corrected chi connectivity index (χ2v) is 3.44. The summed E-state index contributed by atoms with van der Waals surface area (Å²) in [6.07, 6.45) is 1.33. The van der Waals surface area contributed by atoms with Crippen molar-refractivity contribution in [3.05, 3.63) is 39.3 Å². The zero-order valence-electron chi connectivity index (χ0n) is 7.77. The van der Waals surface area contributed by atoms with Crippen LogP contribution in [0.4, 0.5) is 5.69 Å². The van der Waals surface area contributed by atoms with Gasteiger partial charge in [-0.3, -0.25) is 10.1 Å². The van der Waals surface area contributed by atoms with Gasteiger partial charge in [0, 0.05) is 17.0 Å². The molecule has 15 heavy (non-hydrogen) atoms. The van der Waals surface area contributed by atoms with Gasteiger partial charge in [-0.1, -0.05) is 11.6 Å². The van der Waals surface area contributed by atoms with Crippen LogP contribution in [-0.2, 0) is 0 Å². The van der Waals surface area contributed by atoms with E-state index in [9.17, 15) is 10.1 Å². The first kappa shape index (κ1) is 9.79. The van der Waals surface area contributed by atoms with Crippen LogP contribution in [0.15, 0.2) is 18.5 Å². The van der Waals surface area contributed by atoms with E-state index in [0.717, 1.165) is 0 Å². The fourth-order valence-electron chi connectivity index (χ4n) is 1.36. The van der Waals surface area contributed by atoms with Crippen LogP contribution in [0.2, 0.25) is 5.15 Å². The minimum atomic E-state index is -0.446. The molecule has 6 heteroatoms. The molecule has 1 heterocycles. The molecule has 76 valence electrons. The molecule has 2 aromatic rings. The average molecular weight is 224 g/mol. The normalized spacial score (nSPS) is 10.5. The van der Waals surface area contributed by atoms with Crippen LogP contribution in [-0.4, -0.2) is 14.9 Å². The van der Waals surface area contributed by atoms with E-state index in [1.807, 2.05) is 0 Å². The van der Waals surface area contributed by atoms with Crippen molar-refractivity contribution in [3.63, 3.8) is 0 Å².